The number of hydrogen-bond donors (Lipinski definition) is 3. The molecule has 31 heavy (non-hydrogen) atoms. The minimum absolute atomic E-state index is 0.0890. The lowest BCUT2D eigenvalue weighted by molar-refractivity contribution is 0.311. The topological polar surface area (TPSA) is 125 Å². The summed E-state index contributed by atoms with van der Waals surface area (Å²) in [6.07, 6.45) is 3.95. The molecule has 0 atom stereocenters. The van der Waals surface area contributed by atoms with Gasteiger partial charge in [0.1, 0.15) is 11.4 Å². The van der Waals surface area contributed by atoms with Gasteiger partial charge in [-0.15, -0.1) is 0 Å². The first-order valence-corrected chi connectivity index (χ1v) is 12.2. The lowest BCUT2D eigenvalue weighted by atomic mass is 10.0. The Morgan fingerprint density at radius 2 is 1.97 bits per heavy atom. The SMILES string of the molecule is Cc1noc(C)c1-c1cc(S(=O)(=O)CC2CCCC2)c2cc(NCCO)c(=O)[nH]c2c1. The number of nitrogens with one attached hydrogen (secondary N) is 2. The molecular formula is C22H27N3O5S. The lowest BCUT2D eigenvalue weighted by Crippen LogP contribution is -2.18. The molecule has 3 N–H and O–H groups in total. The van der Waals surface area contributed by atoms with Crippen LogP contribution in [0.3, 0.4) is 0 Å². The third-order valence-electron chi connectivity index (χ3n) is 5.94. The summed E-state index contributed by atoms with van der Waals surface area (Å²) in [6, 6.07) is 4.98. The van der Waals surface area contributed by atoms with Crippen LogP contribution in [0, 0.1) is 19.8 Å². The van der Waals surface area contributed by atoms with Crippen LogP contribution in [0.1, 0.15) is 37.1 Å². The van der Waals surface area contributed by atoms with E-state index in [1.807, 2.05) is 0 Å². The van der Waals surface area contributed by atoms with E-state index in [0.29, 0.717) is 27.9 Å². The van der Waals surface area contributed by atoms with Crippen molar-refractivity contribution in [2.75, 3.05) is 24.2 Å². The second kappa shape index (κ2) is 8.47. The lowest BCUT2D eigenvalue weighted by Gasteiger charge is -2.15. The summed E-state index contributed by atoms with van der Waals surface area (Å²) in [7, 11) is -3.61. The van der Waals surface area contributed by atoms with Crippen LogP contribution in [-0.2, 0) is 9.84 Å². The smallest absolute Gasteiger partial charge is 0.271 e. The van der Waals surface area contributed by atoms with Crippen LogP contribution in [-0.4, -0.2) is 42.6 Å². The number of fused-ring (bicyclic) bond motifs is 1. The molecule has 9 heteroatoms. The van der Waals surface area contributed by atoms with Gasteiger partial charge in [-0.2, -0.15) is 0 Å². The minimum Gasteiger partial charge on any atom is -0.395 e. The largest absolute Gasteiger partial charge is 0.395 e. The van der Waals surface area contributed by atoms with E-state index in [9.17, 15) is 13.2 Å². The van der Waals surface area contributed by atoms with Crippen molar-refractivity contribution in [3.8, 4) is 11.1 Å². The van der Waals surface area contributed by atoms with Crippen LogP contribution < -0.4 is 10.9 Å². The van der Waals surface area contributed by atoms with Gasteiger partial charge in [-0.3, -0.25) is 4.79 Å². The van der Waals surface area contributed by atoms with Crippen molar-refractivity contribution in [2.24, 2.45) is 5.92 Å². The van der Waals surface area contributed by atoms with Crippen LogP contribution in [0.4, 0.5) is 5.69 Å². The number of pyridine rings is 1. The van der Waals surface area contributed by atoms with Crippen LogP contribution in [0.15, 0.2) is 32.4 Å². The van der Waals surface area contributed by atoms with E-state index in [1.165, 1.54) is 0 Å². The Kier molecular flexibility index (Phi) is 5.90. The Balaban J connectivity index is 1.94. The Hall–Kier alpha value is -2.65. The maximum absolute atomic E-state index is 13.5. The molecule has 1 aromatic carbocycles. The standard InChI is InChI=1S/C22H27N3O5S/c1-13-21(14(2)30-25-13)16-9-18-17(11-19(22(27)24-18)23-7-8-26)20(10-16)31(28,29)12-15-5-3-4-6-15/h9-11,15,23,26H,3-8,12H2,1-2H3,(H,24,27). The molecule has 0 unspecified atom stereocenters. The molecule has 1 aliphatic rings. The summed E-state index contributed by atoms with van der Waals surface area (Å²) in [4.78, 5) is 15.5. The number of aromatic nitrogens is 2. The predicted molar refractivity (Wildman–Crippen MR) is 119 cm³/mol. The number of nitrogens with zero attached hydrogens (tertiary/aromatic N) is 1. The van der Waals surface area contributed by atoms with Gasteiger partial charge in [0.25, 0.3) is 5.56 Å². The van der Waals surface area contributed by atoms with E-state index in [0.717, 1.165) is 31.2 Å². The van der Waals surface area contributed by atoms with E-state index in [2.05, 4.69) is 15.5 Å². The zero-order valence-corrected chi connectivity index (χ0v) is 18.5. The number of aromatic amines is 1. The van der Waals surface area contributed by atoms with Gasteiger partial charge in [0, 0.05) is 17.5 Å². The van der Waals surface area contributed by atoms with Crippen molar-refractivity contribution in [2.45, 2.75) is 44.4 Å². The maximum Gasteiger partial charge on any atom is 0.271 e. The number of rotatable bonds is 7. The second-order valence-electron chi connectivity index (χ2n) is 8.23. The normalized spacial score (nSPS) is 15.1. The van der Waals surface area contributed by atoms with E-state index < -0.39 is 9.84 Å². The highest BCUT2D eigenvalue weighted by molar-refractivity contribution is 7.91. The zero-order chi connectivity index (χ0) is 22.2. The van der Waals surface area contributed by atoms with Gasteiger partial charge in [-0.25, -0.2) is 8.42 Å². The number of aliphatic hydroxyl groups excluding tert-OH is 1. The highest BCUT2D eigenvalue weighted by Gasteiger charge is 2.27. The van der Waals surface area contributed by atoms with Crippen LogP contribution in [0.25, 0.3) is 22.0 Å². The second-order valence-corrected chi connectivity index (χ2v) is 10.2. The molecule has 2 aromatic heterocycles. The van der Waals surface area contributed by atoms with Gasteiger partial charge >= 0.3 is 0 Å². The van der Waals surface area contributed by atoms with Crippen LogP contribution >= 0.6 is 0 Å². The molecule has 0 saturated heterocycles. The van der Waals surface area contributed by atoms with E-state index >= 15 is 0 Å². The van der Waals surface area contributed by atoms with Gasteiger partial charge in [-0.05, 0) is 56.4 Å². The fourth-order valence-corrected chi connectivity index (χ4v) is 6.42. The average Bonchev–Trinajstić information content (AvgIpc) is 3.34. The van der Waals surface area contributed by atoms with E-state index in [4.69, 9.17) is 9.63 Å². The van der Waals surface area contributed by atoms with Crippen molar-refractivity contribution < 1.29 is 18.0 Å². The molecule has 4 rings (SSSR count). The summed E-state index contributed by atoms with van der Waals surface area (Å²) < 4.78 is 32.3. The number of hydrogen-bond acceptors (Lipinski definition) is 7. The molecule has 1 saturated carbocycles. The third kappa shape index (κ3) is 4.24. The van der Waals surface area contributed by atoms with E-state index in [-0.39, 0.29) is 41.0 Å². The van der Waals surface area contributed by atoms with Crippen LogP contribution in [0.2, 0.25) is 0 Å². The van der Waals surface area contributed by atoms with Gasteiger partial charge in [0.15, 0.2) is 9.84 Å². The van der Waals surface area contributed by atoms with Crippen LogP contribution in [0.5, 0.6) is 0 Å². The molecule has 0 aliphatic heterocycles. The summed E-state index contributed by atoms with van der Waals surface area (Å²) in [5.74, 6) is 0.822. The molecule has 3 aromatic rings. The number of H-pyrrole nitrogens is 1. The molecule has 1 aliphatic carbocycles. The first kappa shape index (κ1) is 21.6. The third-order valence-corrected chi connectivity index (χ3v) is 7.86. The Morgan fingerprint density at radius 3 is 2.61 bits per heavy atom. The number of anilines is 1. The Morgan fingerprint density at radius 1 is 1.23 bits per heavy atom. The highest BCUT2D eigenvalue weighted by atomic mass is 32.2. The molecule has 0 radical (unpaired) electrons. The number of benzene rings is 1. The summed E-state index contributed by atoms with van der Waals surface area (Å²) in [5.41, 5.74) is 2.30. The quantitative estimate of drug-likeness (QED) is 0.510. The molecular weight excluding hydrogens is 418 g/mol. The van der Waals surface area contributed by atoms with Gasteiger partial charge < -0.3 is 19.9 Å². The first-order valence-electron chi connectivity index (χ1n) is 10.5. The molecule has 0 bridgehead atoms. The first-order chi connectivity index (χ1) is 14.8. The fraction of sp³-hybridized carbons (Fsp3) is 0.455. The van der Waals surface area contributed by atoms with Crippen molar-refractivity contribution in [3.63, 3.8) is 0 Å². The molecule has 166 valence electrons. The monoisotopic (exact) mass is 445 g/mol. The van der Waals surface area contributed by atoms with Crippen molar-refractivity contribution in [3.05, 3.63) is 40.0 Å². The summed E-state index contributed by atoms with van der Waals surface area (Å²) in [6.45, 7) is 3.62. The van der Waals surface area contributed by atoms with Gasteiger partial charge in [-0.1, -0.05) is 18.0 Å². The molecule has 8 nitrogen and oxygen atoms in total. The maximum atomic E-state index is 13.5. The van der Waals surface area contributed by atoms with Gasteiger partial charge in [0.2, 0.25) is 0 Å². The van der Waals surface area contributed by atoms with Crippen molar-refractivity contribution in [1.29, 1.82) is 0 Å². The minimum atomic E-state index is -3.61. The number of sulfone groups is 1. The summed E-state index contributed by atoms with van der Waals surface area (Å²) >= 11 is 0. The molecule has 0 spiro atoms. The summed E-state index contributed by atoms with van der Waals surface area (Å²) in [5, 5.41) is 16.4. The average molecular weight is 446 g/mol. The van der Waals surface area contributed by atoms with Crippen molar-refractivity contribution in [1.82, 2.24) is 10.1 Å². The molecule has 0 amide bonds. The molecule has 2 heterocycles. The Bertz CT molecular complexity index is 1250. The zero-order valence-electron chi connectivity index (χ0n) is 17.7. The van der Waals surface area contributed by atoms with Gasteiger partial charge in [0.05, 0.1) is 28.5 Å². The fourth-order valence-electron chi connectivity index (χ4n) is 4.47. The molecule has 1 fully saturated rings. The highest BCUT2D eigenvalue weighted by Crippen LogP contribution is 2.35. The number of aliphatic hydroxyl groups is 1. The van der Waals surface area contributed by atoms with Crippen molar-refractivity contribution >= 4 is 26.4 Å². The number of aryl methyl sites for hydroxylation is 2. The Labute approximate surface area is 180 Å². The predicted octanol–water partition coefficient (Wildman–Crippen LogP) is 3.17. The van der Waals surface area contributed by atoms with E-state index in [1.54, 1.807) is 32.0 Å².